The van der Waals surface area contributed by atoms with Gasteiger partial charge in [-0.2, -0.15) is 0 Å². The predicted octanol–water partition coefficient (Wildman–Crippen LogP) is 3.69. The van der Waals surface area contributed by atoms with Gasteiger partial charge in [0.2, 0.25) is 17.5 Å². The van der Waals surface area contributed by atoms with Crippen LogP contribution in [0.3, 0.4) is 0 Å². The molecule has 0 bridgehead atoms. The van der Waals surface area contributed by atoms with Crippen molar-refractivity contribution in [1.82, 2.24) is 30.2 Å². The van der Waals surface area contributed by atoms with E-state index in [-0.39, 0.29) is 35.9 Å². The van der Waals surface area contributed by atoms with Gasteiger partial charge in [-0.25, -0.2) is 4.98 Å². The molecular formula is C30H46N8O3. The van der Waals surface area contributed by atoms with Crippen molar-refractivity contribution in [2.24, 2.45) is 11.8 Å². The molecule has 0 radical (unpaired) electrons. The maximum Gasteiger partial charge on any atom is 0.242 e. The fourth-order valence-electron chi connectivity index (χ4n) is 5.39. The number of anilines is 2. The minimum Gasteiger partial charge on any atom is -0.372 e. The van der Waals surface area contributed by atoms with Gasteiger partial charge in [-0.15, -0.1) is 10.2 Å². The lowest BCUT2D eigenvalue weighted by atomic mass is 10.0. The average Bonchev–Trinajstić information content (AvgIpc) is 3.29. The van der Waals surface area contributed by atoms with Gasteiger partial charge in [0.05, 0.1) is 23.2 Å². The summed E-state index contributed by atoms with van der Waals surface area (Å²) in [5, 5.41) is 18.0. The van der Waals surface area contributed by atoms with E-state index in [0.29, 0.717) is 31.0 Å². The molecule has 1 aromatic carbocycles. The van der Waals surface area contributed by atoms with E-state index in [9.17, 15) is 9.59 Å². The molecule has 11 heteroatoms. The van der Waals surface area contributed by atoms with Crippen LogP contribution in [0.4, 0.5) is 11.5 Å². The van der Waals surface area contributed by atoms with E-state index in [2.05, 4.69) is 63.1 Å². The maximum absolute atomic E-state index is 12.7. The molecule has 3 heterocycles. The quantitative estimate of drug-likeness (QED) is 0.284. The van der Waals surface area contributed by atoms with E-state index >= 15 is 0 Å². The fourth-order valence-corrected chi connectivity index (χ4v) is 5.39. The molecular weight excluding hydrogens is 520 g/mol. The number of nitrogens with zero attached hydrogens (tertiary/aromatic N) is 5. The highest BCUT2D eigenvalue weighted by Crippen LogP contribution is 2.27. The van der Waals surface area contributed by atoms with Crippen molar-refractivity contribution < 1.29 is 14.3 Å². The highest BCUT2D eigenvalue weighted by Gasteiger charge is 2.25. The molecule has 1 saturated heterocycles. The van der Waals surface area contributed by atoms with Crippen LogP contribution in [0.1, 0.15) is 66.6 Å². The molecule has 3 atom stereocenters. The molecule has 224 valence electrons. The molecule has 3 N–H and O–H groups in total. The van der Waals surface area contributed by atoms with Gasteiger partial charge < -0.3 is 25.6 Å². The normalized spacial score (nSPS) is 18.3. The first-order valence-corrected chi connectivity index (χ1v) is 14.9. The third-order valence-electron chi connectivity index (χ3n) is 7.31. The Labute approximate surface area is 242 Å². The Kier molecular flexibility index (Phi) is 10.0. The van der Waals surface area contributed by atoms with Crippen LogP contribution in [0.25, 0.3) is 16.7 Å². The van der Waals surface area contributed by atoms with Crippen molar-refractivity contribution in [3.63, 3.8) is 0 Å². The maximum atomic E-state index is 12.7. The molecule has 2 amide bonds. The number of benzene rings is 1. The smallest absolute Gasteiger partial charge is 0.242 e. The van der Waals surface area contributed by atoms with Crippen LogP contribution in [0.2, 0.25) is 0 Å². The van der Waals surface area contributed by atoms with Gasteiger partial charge in [0.25, 0.3) is 0 Å². The van der Waals surface area contributed by atoms with Crippen molar-refractivity contribution >= 4 is 40.0 Å². The molecule has 1 aliphatic rings. The molecule has 2 aromatic heterocycles. The average molecular weight is 567 g/mol. The van der Waals surface area contributed by atoms with Gasteiger partial charge in [-0.3, -0.25) is 14.0 Å². The molecule has 0 spiro atoms. The number of fused-ring (bicyclic) bond motifs is 3. The lowest BCUT2D eigenvalue weighted by Gasteiger charge is -2.36. The Morgan fingerprint density at radius 2 is 1.76 bits per heavy atom. The Hall–Kier alpha value is -3.47. The molecule has 0 saturated carbocycles. The number of unbranched alkanes of at least 4 members (excludes halogenated alkanes) is 1. The number of carbonyl (C=O) groups excluding carboxylic acids is 2. The summed E-state index contributed by atoms with van der Waals surface area (Å²) in [5.41, 5.74) is 3.66. The monoisotopic (exact) mass is 566 g/mol. The number of rotatable bonds is 12. The van der Waals surface area contributed by atoms with E-state index in [0.717, 1.165) is 48.5 Å². The number of amides is 2. The van der Waals surface area contributed by atoms with Gasteiger partial charge in [0.1, 0.15) is 11.9 Å². The Morgan fingerprint density at radius 1 is 1.05 bits per heavy atom. The highest BCUT2D eigenvalue weighted by atomic mass is 16.5. The van der Waals surface area contributed by atoms with Crippen molar-refractivity contribution in [2.45, 2.75) is 86.0 Å². The summed E-state index contributed by atoms with van der Waals surface area (Å²) in [7, 11) is 0. The predicted molar refractivity (Wildman–Crippen MR) is 162 cm³/mol. The third-order valence-corrected chi connectivity index (χ3v) is 7.31. The number of aromatic nitrogens is 4. The van der Waals surface area contributed by atoms with E-state index < -0.39 is 6.04 Å². The Morgan fingerprint density at radius 3 is 2.44 bits per heavy atom. The molecule has 4 rings (SSSR count). The number of hydrogen-bond donors (Lipinski definition) is 3. The zero-order chi connectivity index (χ0) is 29.7. The number of hydrogen-bond acceptors (Lipinski definition) is 8. The van der Waals surface area contributed by atoms with Crippen LogP contribution in [-0.2, 0) is 14.3 Å². The minimum atomic E-state index is -0.528. The second-order valence-corrected chi connectivity index (χ2v) is 12.0. The largest absolute Gasteiger partial charge is 0.372 e. The van der Waals surface area contributed by atoms with E-state index in [1.54, 1.807) is 0 Å². The minimum absolute atomic E-state index is 0.0105. The third kappa shape index (κ3) is 7.63. The standard InChI is InChI=1S/C30H46N8O3/c1-18(2)14-26(39)34-27(19(3)4)30(40)32-13-9-8-12-31-28-29-36-35-22(7)38(29)25-11-10-23(15-24(25)33-28)37-16-20(5)41-21(6)17-37/h10-11,15,18-21,27H,8-9,12-14,16-17H2,1-7H3,(H,31,33)(H,32,40)(H,34,39)/t20-,21+,27-/m0/s1. The van der Waals surface area contributed by atoms with Crippen LogP contribution in [0.15, 0.2) is 18.2 Å². The summed E-state index contributed by atoms with van der Waals surface area (Å²) in [6.07, 6.45) is 2.38. The first-order chi connectivity index (χ1) is 19.5. The summed E-state index contributed by atoms with van der Waals surface area (Å²) in [5.74, 6) is 1.53. The van der Waals surface area contributed by atoms with Gasteiger partial charge in [0, 0.05) is 38.3 Å². The zero-order valence-electron chi connectivity index (χ0n) is 25.5. The molecule has 0 unspecified atom stereocenters. The lowest BCUT2D eigenvalue weighted by molar-refractivity contribution is -0.130. The van der Waals surface area contributed by atoms with Gasteiger partial charge >= 0.3 is 0 Å². The lowest BCUT2D eigenvalue weighted by Crippen LogP contribution is -2.50. The zero-order valence-corrected chi connectivity index (χ0v) is 25.5. The number of aryl methyl sites for hydroxylation is 1. The second kappa shape index (κ2) is 13.5. The summed E-state index contributed by atoms with van der Waals surface area (Å²) in [6, 6.07) is 5.83. The number of ether oxygens (including phenoxy) is 1. The van der Waals surface area contributed by atoms with Gasteiger partial charge in [-0.1, -0.05) is 27.7 Å². The number of carbonyl (C=O) groups is 2. The summed E-state index contributed by atoms with van der Waals surface area (Å²) in [4.78, 5) is 32.2. The first-order valence-electron chi connectivity index (χ1n) is 14.9. The summed E-state index contributed by atoms with van der Waals surface area (Å²) in [6.45, 7) is 16.9. The number of morpholine rings is 1. The topological polar surface area (TPSA) is 126 Å². The van der Waals surface area contributed by atoms with E-state index in [1.165, 1.54) is 0 Å². The van der Waals surface area contributed by atoms with Crippen molar-refractivity contribution in [3.05, 3.63) is 24.0 Å². The Bertz CT molecular complexity index is 1340. The molecule has 11 nitrogen and oxygen atoms in total. The molecule has 41 heavy (non-hydrogen) atoms. The van der Waals surface area contributed by atoms with Crippen LogP contribution in [0.5, 0.6) is 0 Å². The first kappa shape index (κ1) is 30.5. The van der Waals surface area contributed by atoms with E-state index in [1.807, 2.05) is 39.0 Å². The van der Waals surface area contributed by atoms with Crippen LogP contribution >= 0.6 is 0 Å². The van der Waals surface area contributed by atoms with Crippen molar-refractivity contribution in [1.29, 1.82) is 0 Å². The van der Waals surface area contributed by atoms with Crippen LogP contribution in [0, 0.1) is 18.8 Å². The molecule has 1 fully saturated rings. The number of nitrogens with one attached hydrogen (secondary N) is 3. The summed E-state index contributed by atoms with van der Waals surface area (Å²) >= 11 is 0. The van der Waals surface area contributed by atoms with Gasteiger partial charge in [0.15, 0.2) is 5.82 Å². The fraction of sp³-hybridized carbons (Fsp3) is 0.633. The highest BCUT2D eigenvalue weighted by molar-refractivity contribution is 5.88. The van der Waals surface area contributed by atoms with Gasteiger partial charge in [-0.05, 0) is 63.6 Å². The molecule has 3 aromatic rings. The molecule has 0 aliphatic carbocycles. The van der Waals surface area contributed by atoms with Crippen LogP contribution in [-0.4, -0.2) is 75.8 Å². The SMILES string of the molecule is Cc1nnc2c(NCCCCNC(=O)[C@@H](NC(=O)CC(C)C)C(C)C)nc3cc(N4C[C@@H](C)O[C@@H](C)C4)ccc3n12. The second-order valence-electron chi connectivity index (χ2n) is 12.0. The Balaban J connectivity index is 1.36. The summed E-state index contributed by atoms with van der Waals surface area (Å²) < 4.78 is 7.96. The molecule has 1 aliphatic heterocycles. The van der Waals surface area contributed by atoms with Crippen LogP contribution < -0.4 is 20.9 Å². The van der Waals surface area contributed by atoms with Crippen molar-refractivity contribution in [3.8, 4) is 0 Å². The van der Waals surface area contributed by atoms with Crippen molar-refractivity contribution in [2.75, 3.05) is 36.4 Å². The van der Waals surface area contributed by atoms with E-state index in [4.69, 9.17) is 9.72 Å².